The predicted octanol–water partition coefficient (Wildman–Crippen LogP) is 3.94. The van der Waals surface area contributed by atoms with Gasteiger partial charge in [-0.1, -0.05) is 6.92 Å². The van der Waals surface area contributed by atoms with Crippen molar-refractivity contribution in [2.75, 3.05) is 6.54 Å². The van der Waals surface area contributed by atoms with Gasteiger partial charge in [0.15, 0.2) is 0 Å². The first kappa shape index (κ1) is 12.8. The first-order valence-electron chi connectivity index (χ1n) is 6.77. The van der Waals surface area contributed by atoms with E-state index in [-0.39, 0.29) is 5.82 Å². The SMILES string of the molecule is CCNC1CCCc2sc(-c3ccc(F)cc3)nc21. The van der Waals surface area contributed by atoms with Gasteiger partial charge in [-0.2, -0.15) is 0 Å². The number of halogens is 1. The molecule has 0 fully saturated rings. The summed E-state index contributed by atoms with van der Waals surface area (Å²) < 4.78 is 13.0. The number of fused-ring (bicyclic) bond motifs is 1. The summed E-state index contributed by atoms with van der Waals surface area (Å²) in [5.74, 6) is -0.199. The van der Waals surface area contributed by atoms with E-state index in [9.17, 15) is 4.39 Å². The van der Waals surface area contributed by atoms with Gasteiger partial charge >= 0.3 is 0 Å². The van der Waals surface area contributed by atoms with E-state index >= 15 is 0 Å². The van der Waals surface area contributed by atoms with Crippen molar-refractivity contribution in [3.63, 3.8) is 0 Å². The van der Waals surface area contributed by atoms with Gasteiger partial charge in [0, 0.05) is 10.4 Å². The summed E-state index contributed by atoms with van der Waals surface area (Å²) in [5.41, 5.74) is 2.22. The normalized spacial score (nSPS) is 18.3. The molecule has 0 radical (unpaired) electrons. The maximum Gasteiger partial charge on any atom is 0.123 e. The third-order valence-electron chi connectivity index (χ3n) is 3.50. The minimum Gasteiger partial charge on any atom is -0.309 e. The van der Waals surface area contributed by atoms with E-state index in [1.54, 1.807) is 11.3 Å². The Labute approximate surface area is 116 Å². The van der Waals surface area contributed by atoms with Gasteiger partial charge < -0.3 is 5.32 Å². The Morgan fingerprint density at radius 3 is 2.89 bits per heavy atom. The van der Waals surface area contributed by atoms with Crippen molar-refractivity contribution in [1.82, 2.24) is 10.3 Å². The highest BCUT2D eigenvalue weighted by molar-refractivity contribution is 7.15. The highest BCUT2D eigenvalue weighted by atomic mass is 32.1. The van der Waals surface area contributed by atoms with E-state index in [2.05, 4.69) is 12.2 Å². The minimum absolute atomic E-state index is 0.199. The Morgan fingerprint density at radius 1 is 1.37 bits per heavy atom. The number of aryl methyl sites for hydroxylation is 1. The van der Waals surface area contributed by atoms with Crippen LogP contribution >= 0.6 is 11.3 Å². The van der Waals surface area contributed by atoms with Crippen LogP contribution in [0.5, 0.6) is 0 Å². The molecule has 4 heteroatoms. The van der Waals surface area contributed by atoms with Crippen LogP contribution in [-0.4, -0.2) is 11.5 Å². The molecule has 0 bridgehead atoms. The molecule has 0 saturated heterocycles. The number of benzene rings is 1. The van der Waals surface area contributed by atoms with Crippen LogP contribution in [0, 0.1) is 5.82 Å². The molecule has 0 spiro atoms. The van der Waals surface area contributed by atoms with Gasteiger partial charge in [-0.15, -0.1) is 11.3 Å². The van der Waals surface area contributed by atoms with E-state index < -0.39 is 0 Å². The lowest BCUT2D eigenvalue weighted by molar-refractivity contribution is 0.465. The van der Waals surface area contributed by atoms with Crippen molar-refractivity contribution in [3.8, 4) is 10.6 Å². The molecule has 3 rings (SSSR count). The number of hydrogen-bond donors (Lipinski definition) is 1. The molecular weight excluding hydrogens is 259 g/mol. The maximum atomic E-state index is 13.0. The average Bonchev–Trinajstić information content (AvgIpc) is 2.85. The van der Waals surface area contributed by atoms with Crippen molar-refractivity contribution in [2.24, 2.45) is 0 Å². The minimum atomic E-state index is -0.199. The predicted molar refractivity (Wildman–Crippen MR) is 76.9 cm³/mol. The number of hydrogen-bond acceptors (Lipinski definition) is 3. The molecule has 1 aliphatic rings. The second-order valence-corrected chi connectivity index (χ2v) is 5.92. The summed E-state index contributed by atoms with van der Waals surface area (Å²) in [6.45, 7) is 3.09. The summed E-state index contributed by atoms with van der Waals surface area (Å²) in [7, 11) is 0. The molecule has 2 nitrogen and oxygen atoms in total. The van der Waals surface area contributed by atoms with Crippen LogP contribution in [0.25, 0.3) is 10.6 Å². The van der Waals surface area contributed by atoms with Gasteiger partial charge in [0.25, 0.3) is 0 Å². The van der Waals surface area contributed by atoms with Crippen LogP contribution in [0.3, 0.4) is 0 Å². The van der Waals surface area contributed by atoms with E-state index in [1.807, 2.05) is 12.1 Å². The van der Waals surface area contributed by atoms with Gasteiger partial charge in [0.2, 0.25) is 0 Å². The Hall–Kier alpha value is -1.26. The van der Waals surface area contributed by atoms with Crippen molar-refractivity contribution >= 4 is 11.3 Å². The molecule has 1 aliphatic carbocycles. The van der Waals surface area contributed by atoms with Crippen molar-refractivity contribution in [1.29, 1.82) is 0 Å². The number of nitrogens with zero attached hydrogens (tertiary/aromatic N) is 1. The molecule has 1 aromatic carbocycles. The highest BCUT2D eigenvalue weighted by Crippen LogP contribution is 2.37. The highest BCUT2D eigenvalue weighted by Gasteiger charge is 2.24. The van der Waals surface area contributed by atoms with Gasteiger partial charge in [-0.25, -0.2) is 9.37 Å². The third-order valence-corrected chi connectivity index (χ3v) is 4.68. The first-order chi connectivity index (χ1) is 9.28. The van der Waals surface area contributed by atoms with Crippen LogP contribution < -0.4 is 5.32 Å². The molecular formula is C15H17FN2S. The largest absolute Gasteiger partial charge is 0.309 e. The topological polar surface area (TPSA) is 24.9 Å². The van der Waals surface area contributed by atoms with Crippen LogP contribution in [-0.2, 0) is 6.42 Å². The number of thiazole rings is 1. The number of rotatable bonds is 3. The lowest BCUT2D eigenvalue weighted by Gasteiger charge is -2.21. The molecule has 1 unspecified atom stereocenters. The zero-order valence-corrected chi connectivity index (χ0v) is 11.8. The summed E-state index contributed by atoms with van der Waals surface area (Å²) in [4.78, 5) is 6.17. The van der Waals surface area contributed by atoms with E-state index in [0.717, 1.165) is 30.0 Å². The number of aromatic nitrogens is 1. The summed E-state index contributed by atoms with van der Waals surface area (Å²) in [6.07, 6.45) is 3.50. The first-order valence-corrected chi connectivity index (χ1v) is 7.58. The fraction of sp³-hybridized carbons (Fsp3) is 0.400. The average molecular weight is 276 g/mol. The van der Waals surface area contributed by atoms with Crippen LogP contribution in [0.4, 0.5) is 4.39 Å². The fourth-order valence-corrected chi connectivity index (χ4v) is 3.75. The molecule has 1 aromatic heterocycles. The van der Waals surface area contributed by atoms with Crippen molar-refractivity contribution < 1.29 is 4.39 Å². The van der Waals surface area contributed by atoms with E-state index in [1.165, 1.54) is 29.1 Å². The molecule has 1 heterocycles. The Kier molecular flexibility index (Phi) is 3.62. The van der Waals surface area contributed by atoms with Gasteiger partial charge in [0.05, 0.1) is 11.7 Å². The Bertz CT molecular complexity index is 562. The second kappa shape index (κ2) is 5.39. The lowest BCUT2D eigenvalue weighted by atomic mass is 9.98. The van der Waals surface area contributed by atoms with Gasteiger partial charge in [-0.05, 0) is 50.1 Å². The summed E-state index contributed by atoms with van der Waals surface area (Å²) in [5, 5.41) is 4.51. The molecule has 0 aliphatic heterocycles. The van der Waals surface area contributed by atoms with Gasteiger partial charge in [-0.3, -0.25) is 0 Å². The zero-order chi connectivity index (χ0) is 13.2. The summed E-state index contributed by atoms with van der Waals surface area (Å²) in [6, 6.07) is 7.00. The lowest BCUT2D eigenvalue weighted by Crippen LogP contribution is -2.24. The zero-order valence-electron chi connectivity index (χ0n) is 10.9. The molecule has 0 amide bonds. The Balaban J connectivity index is 1.95. The third kappa shape index (κ3) is 2.55. The molecule has 1 atom stereocenters. The summed E-state index contributed by atoms with van der Waals surface area (Å²) >= 11 is 1.75. The number of nitrogens with one attached hydrogen (secondary N) is 1. The van der Waals surface area contributed by atoms with Crippen LogP contribution in [0.2, 0.25) is 0 Å². The second-order valence-electron chi connectivity index (χ2n) is 4.84. The standard InChI is InChI=1S/C15H17FN2S/c1-2-17-12-4-3-5-13-14(12)18-15(19-13)10-6-8-11(16)9-7-10/h6-9,12,17H,2-5H2,1H3. The van der Waals surface area contributed by atoms with E-state index in [0.29, 0.717) is 6.04 Å². The van der Waals surface area contributed by atoms with Crippen LogP contribution in [0.15, 0.2) is 24.3 Å². The molecule has 2 aromatic rings. The monoisotopic (exact) mass is 276 g/mol. The van der Waals surface area contributed by atoms with E-state index in [4.69, 9.17) is 4.98 Å². The smallest absolute Gasteiger partial charge is 0.123 e. The molecule has 1 N–H and O–H groups in total. The molecule has 100 valence electrons. The quantitative estimate of drug-likeness (QED) is 0.918. The van der Waals surface area contributed by atoms with Crippen molar-refractivity contribution in [3.05, 3.63) is 40.7 Å². The maximum absolute atomic E-state index is 13.0. The van der Waals surface area contributed by atoms with Gasteiger partial charge in [0.1, 0.15) is 10.8 Å². The fourth-order valence-electron chi connectivity index (χ4n) is 2.58. The molecule has 19 heavy (non-hydrogen) atoms. The Morgan fingerprint density at radius 2 is 2.16 bits per heavy atom. The molecule has 0 saturated carbocycles. The van der Waals surface area contributed by atoms with Crippen molar-refractivity contribution in [2.45, 2.75) is 32.2 Å². The van der Waals surface area contributed by atoms with Crippen LogP contribution in [0.1, 0.15) is 36.4 Å².